The number of carbonyl (C=O) groups is 1. The van der Waals surface area contributed by atoms with Gasteiger partial charge in [-0.15, -0.1) is 10.2 Å². The summed E-state index contributed by atoms with van der Waals surface area (Å²) in [4.78, 5) is 12.8. The first kappa shape index (κ1) is 26.0. The third kappa shape index (κ3) is 6.10. The van der Waals surface area contributed by atoms with Gasteiger partial charge in [-0.2, -0.15) is 5.10 Å². The van der Waals surface area contributed by atoms with Crippen LogP contribution in [0.15, 0.2) is 107 Å². The highest BCUT2D eigenvalue weighted by atomic mass is 32.2. The van der Waals surface area contributed by atoms with Crippen LogP contribution in [0.2, 0.25) is 0 Å². The van der Waals surface area contributed by atoms with Crippen LogP contribution in [0.5, 0.6) is 5.75 Å². The average Bonchev–Trinajstić information content (AvgIpc) is 3.38. The number of nitrogens with zero attached hydrogens (tertiary/aromatic N) is 4. The first-order chi connectivity index (χ1) is 19.1. The van der Waals surface area contributed by atoms with Crippen LogP contribution in [-0.2, 0) is 11.3 Å². The molecule has 0 radical (unpaired) electrons. The third-order valence-electron chi connectivity index (χ3n) is 6.11. The van der Waals surface area contributed by atoms with Crippen molar-refractivity contribution in [2.45, 2.75) is 23.9 Å². The van der Waals surface area contributed by atoms with Gasteiger partial charge in [-0.05, 0) is 42.6 Å². The molecule has 0 aliphatic rings. The first-order valence-corrected chi connectivity index (χ1v) is 13.4. The van der Waals surface area contributed by atoms with Crippen molar-refractivity contribution < 1.29 is 9.53 Å². The fraction of sp³-hybridized carbons (Fsp3) is 0.133. The van der Waals surface area contributed by atoms with Crippen molar-refractivity contribution >= 4 is 40.3 Å². The number of carbonyl (C=O) groups excluding carboxylic acids is 1. The predicted octanol–water partition coefficient (Wildman–Crippen LogP) is 5.67. The molecule has 4 aromatic carbocycles. The van der Waals surface area contributed by atoms with Gasteiger partial charge < -0.3 is 10.1 Å². The first-order valence-electron chi connectivity index (χ1n) is 12.5. The lowest BCUT2D eigenvalue weighted by Gasteiger charge is -2.14. The van der Waals surface area contributed by atoms with Crippen LogP contribution in [0.1, 0.15) is 18.3 Å². The number of hydrazone groups is 1. The largest absolute Gasteiger partial charge is 0.496 e. The lowest BCUT2D eigenvalue weighted by Crippen LogP contribution is -2.27. The van der Waals surface area contributed by atoms with Crippen LogP contribution >= 0.6 is 11.8 Å². The van der Waals surface area contributed by atoms with Gasteiger partial charge in [-0.1, -0.05) is 78.5 Å². The van der Waals surface area contributed by atoms with Gasteiger partial charge in [0.2, 0.25) is 0 Å². The highest BCUT2D eigenvalue weighted by Crippen LogP contribution is 2.28. The Kier molecular flexibility index (Phi) is 8.18. The second-order valence-corrected chi connectivity index (χ2v) is 9.99. The molecule has 0 bridgehead atoms. The third-order valence-corrected chi connectivity index (χ3v) is 7.15. The number of aromatic nitrogens is 3. The maximum absolute atomic E-state index is 12.8. The number of methoxy groups -OCH3 is 1. The van der Waals surface area contributed by atoms with Crippen molar-refractivity contribution in [1.82, 2.24) is 20.2 Å². The minimum absolute atomic E-state index is 0.246. The minimum Gasteiger partial charge on any atom is -0.496 e. The molecule has 0 aliphatic carbocycles. The van der Waals surface area contributed by atoms with E-state index in [1.165, 1.54) is 11.8 Å². The van der Waals surface area contributed by atoms with Gasteiger partial charge in [0, 0.05) is 22.3 Å². The topological polar surface area (TPSA) is 93.4 Å². The molecule has 1 aromatic heterocycles. The van der Waals surface area contributed by atoms with Crippen LogP contribution in [0.25, 0.3) is 16.5 Å². The van der Waals surface area contributed by atoms with Crippen molar-refractivity contribution in [1.29, 1.82) is 0 Å². The molecular weight excluding hydrogens is 508 g/mol. The number of hydrogen-bond acceptors (Lipinski definition) is 7. The lowest BCUT2D eigenvalue weighted by atomic mass is 10.1. The number of nitrogens with one attached hydrogen (secondary N) is 2. The molecular formula is C30H28N6O2S. The summed E-state index contributed by atoms with van der Waals surface area (Å²) < 4.78 is 7.30. The smallest absolute Gasteiger partial charge is 0.253 e. The molecule has 1 atom stereocenters. The average molecular weight is 537 g/mol. The molecule has 0 saturated carbocycles. The molecule has 2 N–H and O–H groups in total. The summed E-state index contributed by atoms with van der Waals surface area (Å²) in [5, 5.41) is 19.0. The highest BCUT2D eigenvalue weighted by Gasteiger charge is 2.21. The van der Waals surface area contributed by atoms with Crippen molar-refractivity contribution in [3.63, 3.8) is 0 Å². The van der Waals surface area contributed by atoms with E-state index in [1.807, 2.05) is 84.3 Å². The van der Waals surface area contributed by atoms with E-state index in [1.54, 1.807) is 13.3 Å². The Balaban J connectivity index is 1.32. The van der Waals surface area contributed by atoms with Gasteiger partial charge >= 0.3 is 0 Å². The monoisotopic (exact) mass is 536 g/mol. The zero-order valence-corrected chi connectivity index (χ0v) is 22.4. The maximum atomic E-state index is 12.8. The molecule has 39 heavy (non-hydrogen) atoms. The second kappa shape index (κ2) is 12.3. The Hall–Kier alpha value is -4.63. The Morgan fingerprint density at radius 2 is 1.72 bits per heavy atom. The molecule has 5 rings (SSSR count). The Morgan fingerprint density at radius 3 is 2.56 bits per heavy atom. The van der Waals surface area contributed by atoms with E-state index in [-0.39, 0.29) is 5.91 Å². The van der Waals surface area contributed by atoms with Gasteiger partial charge in [0.1, 0.15) is 5.75 Å². The zero-order valence-electron chi connectivity index (χ0n) is 21.6. The van der Waals surface area contributed by atoms with Gasteiger partial charge in [-0.25, -0.2) is 5.43 Å². The molecule has 5 aromatic rings. The fourth-order valence-electron chi connectivity index (χ4n) is 4.12. The van der Waals surface area contributed by atoms with Gasteiger partial charge in [-0.3, -0.25) is 9.36 Å². The molecule has 0 saturated heterocycles. The zero-order chi connectivity index (χ0) is 27.0. The maximum Gasteiger partial charge on any atom is 0.253 e. The van der Waals surface area contributed by atoms with Crippen LogP contribution < -0.4 is 15.5 Å². The van der Waals surface area contributed by atoms with Crippen LogP contribution in [0.4, 0.5) is 5.69 Å². The van der Waals surface area contributed by atoms with Crippen molar-refractivity contribution in [3.8, 4) is 11.4 Å². The summed E-state index contributed by atoms with van der Waals surface area (Å²) in [6.45, 7) is 2.27. The number of fused-ring (bicyclic) bond motifs is 1. The van der Waals surface area contributed by atoms with Gasteiger partial charge in [0.05, 0.1) is 25.1 Å². The van der Waals surface area contributed by atoms with Gasteiger partial charge in [0.25, 0.3) is 5.91 Å². The number of para-hydroxylation sites is 2. The molecule has 0 spiro atoms. The normalized spacial score (nSPS) is 11.9. The number of anilines is 1. The van der Waals surface area contributed by atoms with Crippen molar-refractivity contribution in [2.75, 3.05) is 12.4 Å². The van der Waals surface area contributed by atoms with E-state index in [0.717, 1.165) is 33.5 Å². The number of ether oxygens (including phenoxy) is 1. The summed E-state index contributed by atoms with van der Waals surface area (Å²) in [6, 6.07) is 31.8. The SMILES string of the molecule is COc1ccccc1C=NNC(=O)[C@H](C)Sc1nnc(CNc2cccc3ccccc23)n1-c1ccccc1. The number of amides is 1. The van der Waals surface area contributed by atoms with Crippen LogP contribution in [0, 0.1) is 0 Å². The molecule has 9 heteroatoms. The summed E-state index contributed by atoms with van der Waals surface area (Å²) >= 11 is 1.32. The van der Waals surface area contributed by atoms with E-state index >= 15 is 0 Å². The number of thioether (sulfide) groups is 1. The molecule has 1 heterocycles. The lowest BCUT2D eigenvalue weighted by molar-refractivity contribution is -0.120. The summed E-state index contributed by atoms with van der Waals surface area (Å²) in [5.74, 6) is 1.17. The standard InChI is InChI=1S/C30H28N6O2S/c1-21(29(37)34-32-19-23-12-7-9-18-27(23)38-2)39-30-35-33-28(36(30)24-14-4-3-5-15-24)20-31-26-17-10-13-22-11-6-8-16-25(22)26/h3-19,21,31H,20H2,1-2H3,(H,34,37)/t21-/m0/s1. The quantitative estimate of drug-likeness (QED) is 0.136. The van der Waals surface area contributed by atoms with Crippen LogP contribution in [0.3, 0.4) is 0 Å². The van der Waals surface area contributed by atoms with E-state index in [2.05, 4.69) is 50.3 Å². The molecule has 8 nitrogen and oxygen atoms in total. The van der Waals surface area contributed by atoms with E-state index in [0.29, 0.717) is 17.5 Å². The highest BCUT2D eigenvalue weighted by molar-refractivity contribution is 8.00. The number of benzene rings is 4. The summed E-state index contributed by atoms with van der Waals surface area (Å²) in [7, 11) is 1.60. The minimum atomic E-state index is -0.467. The van der Waals surface area contributed by atoms with E-state index in [9.17, 15) is 4.79 Å². The Labute approximate surface area is 231 Å². The molecule has 196 valence electrons. The number of hydrogen-bond donors (Lipinski definition) is 2. The van der Waals surface area contributed by atoms with E-state index in [4.69, 9.17) is 4.74 Å². The molecule has 0 unspecified atom stereocenters. The van der Waals surface area contributed by atoms with Crippen LogP contribution in [-0.4, -0.2) is 39.2 Å². The molecule has 0 fully saturated rings. The van der Waals surface area contributed by atoms with Gasteiger partial charge in [0.15, 0.2) is 11.0 Å². The van der Waals surface area contributed by atoms with Crippen molar-refractivity contribution in [2.24, 2.45) is 5.10 Å². The van der Waals surface area contributed by atoms with Crippen molar-refractivity contribution in [3.05, 3.63) is 108 Å². The predicted molar refractivity (Wildman–Crippen MR) is 157 cm³/mol. The fourth-order valence-corrected chi connectivity index (χ4v) is 5.00. The second-order valence-electron chi connectivity index (χ2n) is 8.69. The number of rotatable bonds is 10. The summed E-state index contributed by atoms with van der Waals surface area (Å²) in [5.41, 5.74) is 5.32. The summed E-state index contributed by atoms with van der Waals surface area (Å²) in [6.07, 6.45) is 1.57. The Bertz CT molecular complexity index is 1600. The van der Waals surface area contributed by atoms with E-state index < -0.39 is 5.25 Å². The molecule has 0 aliphatic heterocycles. The Morgan fingerprint density at radius 1 is 0.974 bits per heavy atom. The molecule has 1 amide bonds.